The third-order valence-electron chi connectivity index (χ3n) is 2.91. The quantitative estimate of drug-likeness (QED) is 0.757. The van der Waals surface area contributed by atoms with Gasteiger partial charge in [0.2, 0.25) is 0 Å². The van der Waals surface area contributed by atoms with Crippen molar-refractivity contribution in [1.29, 1.82) is 0 Å². The van der Waals surface area contributed by atoms with Gasteiger partial charge in [-0.05, 0) is 18.2 Å². The number of nitrogens with one attached hydrogen (secondary N) is 1. The van der Waals surface area contributed by atoms with Crippen LogP contribution in [0.5, 0.6) is 0 Å². The maximum atomic E-state index is 4.43. The van der Waals surface area contributed by atoms with Crippen molar-refractivity contribution in [2.24, 2.45) is 7.05 Å². The Bertz CT molecular complexity index is 670. The number of aryl methyl sites for hydroxylation is 1. The molecule has 0 fully saturated rings. The Morgan fingerprint density at radius 1 is 1.00 bits per heavy atom. The van der Waals surface area contributed by atoms with Gasteiger partial charge >= 0.3 is 0 Å². The van der Waals surface area contributed by atoms with Crippen molar-refractivity contribution >= 4 is 0 Å². The van der Waals surface area contributed by atoms with Gasteiger partial charge in [-0.1, -0.05) is 18.2 Å². The number of benzene rings is 1. The second-order valence-corrected chi connectivity index (χ2v) is 4.55. The van der Waals surface area contributed by atoms with E-state index in [1.807, 2.05) is 49.6 Å². The number of para-hydroxylation sites is 1. The molecule has 0 aliphatic heterocycles. The van der Waals surface area contributed by atoms with Crippen LogP contribution >= 0.6 is 0 Å². The van der Waals surface area contributed by atoms with Gasteiger partial charge in [-0.3, -0.25) is 4.68 Å². The van der Waals surface area contributed by atoms with Gasteiger partial charge in [0.05, 0.1) is 23.3 Å². The van der Waals surface area contributed by atoms with Gasteiger partial charge in [-0.15, -0.1) is 0 Å². The van der Waals surface area contributed by atoms with Crippen LogP contribution in [0.15, 0.2) is 48.8 Å². The Morgan fingerprint density at radius 2 is 1.80 bits per heavy atom. The van der Waals surface area contributed by atoms with Crippen LogP contribution in [-0.4, -0.2) is 24.8 Å². The molecule has 0 spiro atoms. The van der Waals surface area contributed by atoms with Crippen LogP contribution in [0.3, 0.4) is 0 Å². The SMILES string of the molecule is Cn1ccc(CNCc2cnn(-c3ccccc3)n2)n1. The van der Waals surface area contributed by atoms with E-state index in [0.29, 0.717) is 6.54 Å². The monoisotopic (exact) mass is 268 g/mol. The molecule has 3 rings (SSSR count). The van der Waals surface area contributed by atoms with Gasteiger partial charge in [0, 0.05) is 26.3 Å². The molecular weight excluding hydrogens is 252 g/mol. The van der Waals surface area contributed by atoms with E-state index >= 15 is 0 Å². The number of rotatable bonds is 5. The fourth-order valence-electron chi connectivity index (χ4n) is 1.94. The summed E-state index contributed by atoms with van der Waals surface area (Å²) in [5.74, 6) is 0. The van der Waals surface area contributed by atoms with Crippen molar-refractivity contribution in [3.05, 3.63) is 60.2 Å². The van der Waals surface area contributed by atoms with E-state index in [0.717, 1.165) is 23.6 Å². The standard InChI is InChI=1S/C14H16N6/c1-19-8-7-12(17-19)9-15-10-13-11-16-20(18-13)14-5-3-2-4-6-14/h2-8,11,15H,9-10H2,1H3. The van der Waals surface area contributed by atoms with Crippen LogP contribution < -0.4 is 5.32 Å². The van der Waals surface area contributed by atoms with Crippen molar-refractivity contribution in [2.45, 2.75) is 13.1 Å². The molecule has 0 amide bonds. The molecule has 1 N–H and O–H groups in total. The lowest BCUT2D eigenvalue weighted by atomic mass is 10.3. The highest BCUT2D eigenvalue weighted by molar-refractivity contribution is 5.28. The summed E-state index contributed by atoms with van der Waals surface area (Å²) in [6.45, 7) is 1.39. The minimum atomic E-state index is 0.670. The van der Waals surface area contributed by atoms with Crippen LogP contribution in [0.25, 0.3) is 5.69 Å². The molecule has 0 aliphatic rings. The molecule has 0 saturated carbocycles. The lowest BCUT2D eigenvalue weighted by molar-refractivity contribution is 0.639. The van der Waals surface area contributed by atoms with Crippen molar-refractivity contribution in [3.63, 3.8) is 0 Å². The zero-order chi connectivity index (χ0) is 13.8. The van der Waals surface area contributed by atoms with Gasteiger partial charge in [-0.2, -0.15) is 20.1 Å². The van der Waals surface area contributed by atoms with Crippen molar-refractivity contribution < 1.29 is 0 Å². The number of aromatic nitrogens is 5. The van der Waals surface area contributed by atoms with Crippen LogP contribution in [0, 0.1) is 0 Å². The summed E-state index contributed by atoms with van der Waals surface area (Å²) < 4.78 is 1.79. The minimum absolute atomic E-state index is 0.670. The summed E-state index contributed by atoms with van der Waals surface area (Å²) in [7, 11) is 1.91. The fourth-order valence-corrected chi connectivity index (χ4v) is 1.94. The van der Waals surface area contributed by atoms with E-state index in [1.165, 1.54) is 0 Å². The molecule has 0 bridgehead atoms. The smallest absolute Gasteiger partial charge is 0.0969 e. The van der Waals surface area contributed by atoms with Gasteiger partial charge < -0.3 is 5.32 Å². The highest BCUT2D eigenvalue weighted by atomic mass is 15.5. The number of hydrogen-bond acceptors (Lipinski definition) is 4. The molecular formula is C14H16N6. The van der Waals surface area contributed by atoms with E-state index in [-0.39, 0.29) is 0 Å². The molecule has 0 saturated heterocycles. The summed E-state index contributed by atoms with van der Waals surface area (Å²) in [5, 5.41) is 16.3. The first-order chi connectivity index (χ1) is 9.81. The predicted octanol–water partition coefficient (Wildman–Crippen LogP) is 1.29. The zero-order valence-corrected chi connectivity index (χ0v) is 11.3. The minimum Gasteiger partial charge on any atom is -0.305 e. The van der Waals surface area contributed by atoms with E-state index in [4.69, 9.17) is 0 Å². The first-order valence-corrected chi connectivity index (χ1v) is 6.47. The summed E-state index contributed by atoms with van der Waals surface area (Å²) in [4.78, 5) is 1.64. The molecule has 6 heteroatoms. The average Bonchev–Trinajstić information content (AvgIpc) is 3.09. The number of hydrogen-bond donors (Lipinski definition) is 1. The molecule has 0 atom stereocenters. The van der Waals surface area contributed by atoms with Crippen LogP contribution in [0.2, 0.25) is 0 Å². The van der Waals surface area contributed by atoms with Crippen molar-refractivity contribution in [2.75, 3.05) is 0 Å². The molecule has 2 heterocycles. The lowest BCUT2D eigenvalue weighted by Gasteiger charge is -1.99. The van der Waals surface area contributed by atoms with Gasteiger partial charge in [-0.25, -0.2) is 0 Å². The highest BCUT2D eigenvalue weighted by Gasteiger charge is 2.03. The molecule has 0 aliphatic carbocycles. The third-order valence-corrected chi connectivity index (χ3v) is 2.91. The van der Waals surface area contributed by atoms with E-state index in [2.05, 4.69) is 20.6 Å². The molecule has 3 aromatic rings. The highest BCUT2D eigenvalue weighted by Crippen LogP contribution is 2.04. The topological polar surface area (TPSA) is 60.6 Å². The molecule has 0 unspecified atom stereocenters. The zero-order valence-electron chi connectivity index (χ0n) is 11.3. The molecule has 20 heavy (non-hydrogen) atoms. The van der Waals surface area contributed by atoms with Gasteiger partial charge in [0.1, 0.15) is 0 Å². The third kappa shape index (κ3) is 2.92. The second kappa shape index (κ2) is 5.66. The second-order valence-electron chi connectivity index (χ2n) is 4.55. The Balaban J connectivity index is 1.58. The first-order valence-electron chi connectivity index (χ1n) is 6.47. The Morgan fingerprint density at radius 3 is 2.55 bits per heavy atom. The maximum absolute atomic E-state index is 4.43. The average molecular weight is 268 g/mol. The summed E-state index contributed by atoms with van der Waals surface area (Å²) in [6.07, 6.45) is 3.71. The summed E-state index contributed by atoms with van der Waals surface area (Å²) in [5.41, 5.74) is 2.89. The van der Waals surface area contributed by atoms with E-state index in [1.54, 1.807) is 15.7 Å². The van der Waals surface area contributed by atoms with Crippen LogP contribution in [0.1, 0.15) is 11.4 Å². The van der Waals surface area contributed by atoms with E-state index < -0.39 is 0 Å². The van der Waals surface area contributed by atoms with Gasteiger partial charge in [0.15, 0.2) is 0 Å². The lowest BCUT2D eigenvalue weighted by Crippen LogP contribution is -2.14. The van der Waals surface area contributed by atoms with Crippen molar-refractivity contribution in [3.8, 4) is 5.69 Å². The molecule has 1 aromatic carbocycles. The van der Waals surface area contributed by atoms with E-state index in [9.17, 15) is 0 Å². The Kier molecular flexibility index (Phi) is 3.56. The van der Waals surface area contributed by atoms with Crippen LogP contribution in [0.4, 0.5) is 0 Å². The molecule has 0 radical (unpaired) electrons. The maximum Gasteiger partial charge on any atom is 0.0969 e. The molecule has 6 nitrogen and oxygen atoms in total. The molecule has 102 valence electrons. The van der Waals surface area contributed by atoms with Crippen LogP contribution in [-0.2, 0) is 20.1 Å². The number of nitrogens with zero attached hydrogens (tertiary/aromatic N) is 5. The first kappa shape index (κ1) is 12.6. The van der Waals surface area contributed by atoms with Gasteiger partial charge in [0.25, 0.3) is 0 Å². The fraction of sp³-hybridized carbons (Fsp3) is 0.214. The summed E-state index contributed by atoms with van der Waals surface area (Å²) >= 11 is 0. The molecule has 2 aromatic heterocycles. The predicted molar refractivity (Wildman–Crippen MR) is 75.1 cm³/mol. The Hall–Kier alpha value is -2.47. The largest absolute Gasteiger partial charge is 0.305 e. The summed E-state index contributed by atoms with van der Waals surface area (Å²) in [6, 6.07) is 11.9. The normalized spacial score (nSPS) is 10.8. The Labute approximate surface area is 117 Å². The van der Waals surface area contributed by atoms with Crippen molar-refractivity contribution in [1.82, 2.24) is 30.1 Å².